The minimum absolute atomic E-state index is 0.305. The van der Waals surface area contributed by atoms with Crippen LogP contribution in [0.2, 0.25) is 0 Å². The van der Waals surface area contributed by atoms with E-state index in [2.05, 4.69) is 17.4 Å². The highest BCUT2D eigenvalue weighted by atomic mass is 16.5. The number of unbranched alkanes of at least 4 members (excludes halogenated alkanes) is 6. The maximum atomic E-state index is 11.5. The number of rotatable bonds is 14. The van der Waals surface area contributed by atoms with Crippen LogP contribution in [0.15, 0.2) is 4.99 Å². The van der Waals surface area contributed by atoms with E-state index in [0.29, 0.717) is 19.7 Å². The summed E-state index contributed by atoms with van der Waals surface area (Å²) in [5, 5.41) is 2.78. The smallest absolute Gasteiger partial charge is 0.407 e. The van der Waals surface area contributed by atoms with Gasteiger partial charge in [-0.25, -0.2) is 14.6 Å². The average molecular weight is 355 g/mol. The molecule has 6 heteroatoms. The van der Waals surface area contributed by atoms with Crippen molar-refractivity contribution in [2.24, 2.45) is 4.99 Å². The third-order valence-electron chi connectivity index (χ3n) is 5.00. The number of carbonyl (C=O) groups excluding carboxylic acids is 2. The Bertz CT molecular complexity index is 403. The van der Waals surface area contributed by atoms with Gasteiger partial charge in [0.25, 0.3) is 0 Å². The van der Waals surface area contributed by atoms with Crippen LogP contribution in [-0.4, -0.2) is 63.0 Å². The lowest BCUT2D eigenvalue weighted by molar-refractivity contribution is -0.897. The van der Waals surface area contributed by atoms with Crippen molar-refractivity contribution in [2.45, 2.75) is 64.2 Å². The third-order valence-corrected chi connectivity index (χ3v) is 5.00. The molecule has 0 saturated carbocycles. The van der Waals surface area contributed by atoms with Crippen LogP contribution in [0.4, 0.5) is 4.79 Å². The number of aliphatic imine (C=N–C) groups is 1. The van der Waals surface area contributed by atoms with E-state index in [1.165, 1.54) is 55.9 Å². The zero-order valence-corrected chi connectivity index (χ0v) is 15.9. The van der Waals surface area contributed by atoms with Crippen LogP contribution in [0.3, 0.4) is 0 Å². The van der Waals surface area contributed by atoms with Gasteiger partial charge in [0.2, 0.25) is 6.08 Å². The molecule has 0 bridgehead atoms. The second kappa shape index (κ2) is 13.9. The van der Waals surface area contributed by atoms with E-state index in [9.17, 15) is 9.59 Å². The fourth-order valence-electron chi connectivity index (χ4n) is 3.39. The van der Waals surface area contributed by atoms with E-state index in [0.717, 1.165) is 38.5 Å². The molecule has 0 aromatic carbocycles. The zero-order valence-electron chi connectivity index (χ0n) is 15.9. The van der Waals surface area contributed by atoms with Gasteiger partial charge in [-0.3, -0.25) is 0 Å². The van der Waals surface area contributed by atoms with Gasteiger partial charge in [0.1, 0.15) is 0 Å². The van der Waals surface area contributed by atoms with Gasteiger partial charge in [-0.1, -0.05) is 12.8 Å². The molecule has 1 rings (SSSR count). The molecule has 0 aliphatic carbocycles. The minimum atomic E-state index is -0.305. The molecule has 0 spiro atoms. The molecule has 6 nitrogen and oxygen atoms in total. The molecule has 1 aliphatic rings. The van der Waals surface area contributed by atoms with Gasteiger partial charge in [0.05, 0.1) is 39.8 Å². The molecular weight excluding hydrogens is 318 g/mol. The highest BCUT2D eigenvalue weighted by molar-refractivity contribution is 5.66. The van der Waals surface area contributed by atoms with Gasteiger partial charge >= 0.3 is 6.09 Å². The molecule has 1 heterocycles. The highest BCUT2D eigenvalue weighted by Gasteiger charge is 2.25. The van der Waals surface area contributed by atoms with Crippen molar-refractivity contribution in [3.8, 4) is 0 Å². The Kier molecular flexibility index (Phi) is 12.0. The standard InChI is InChI=1S/C19H35N3O3/c1-22(15-9-10-16-22)14-8-4-5-11-17-25-19(24)21-13-7-3-2-6-12-20-18-23/h2-17H2,1H3/p+1. The van der Waals surface area contributed by atoms with Gasteiger partial charge in [-0.15, -0.1) is 0 Å². The zero-order chi connectivity index (χ0) is 18.2. The van der Waals surface area contributed by atoms with Crippen molar-refractivity contribution in [1.82, 2.24) is 5.32 Å². The lowest BCUT2D eigenvalue weighted by atomic mass is 10.2. The van der Waals surface area contributed by atoms with Crippen LogP contribution in [0.25, 0.3) is 0 Å². The van der Waals surface area contributed by atoms with Crippen molar-refractivity contribution in [2.75, 3.05) is 46.4 Å². The molecule has 1 N–H and O–H groups in total. The van der Waals surface area contributed by atoms with Crippen molar-refractivity contribution in [3.63, 3.8) is 0 Å². The quantitative estimate of drug-likeness (QED) is 0.225. The van der Waals surface area contributed by atoms with Gasteiger partial charge in [0, 0.05) is 19.4 Å². The van der Waals surface area contributed by atoms with Gasteiger partial charge in [-0.2, -0.15) is 0 Å². The number of ether oxygens (including phenoxy) is 1. The average Bonchev–Trinajstić information content (AvgIpc) is 3.03. The molecule has 1 saturated heterocycles. The Labute approximate surface area is 152 Å². The number of hydrogen-bond acceptors (Lipinski definition) is 4. The largest absolute Gasteiger partial charge is 0.450 e. The lowest BCUT2D eigenvalue weighted by Crippen LogP contribution is -2.41. The summed E-state index contributed by atoms with van der Waals surface area (Å²) in [5.41, 5.74) is 0. The number of hydrogen-bond donors (Lipinski definition) is 1. The Morgan fingerprint density at radius 1 is 1.04 bits per heavy atom. The first-order valence-corrected chi connectivity index (χ1v) is 9.94. The summed E-state index contributed by atoms with van der Waals surface area (Å²) in [6, 6.07) is 0. The number of likely N-dealkylation sites (tertiary alicyclic amines) is 1. The van der Waals surface area contributed by atoms with E-state index >= 15 is 0 Å². The molecular formula is C19H36N3O3+. The molecule has 1 aliphatic heterocycles. The summed E-state index contributed by atoms with van der Waals surface area (Å²) in [7, 11) is 2.37. The highest BCUT2D eigenvalue weighted by Crippen LogP contribution is 2.17. The first kappa shape index (κ1) is 21.7. The fraction of sp³-hybridized carbons (Fsp3) is 0.895. The molecule has 1 amide bonds. The number of isocyanates is 1. The molecule has 144 valence electrons. The van der Waals surface area contributed by atoms with Crippen LogP contribution < -0.4 is 5.32 Å². The van der Waals surface area contributed by atoms with Crippen LogP contribution in [0.5, 0.6) is 0 Å². The number of quaternary nitrogens is 1. The second-order valence-electron chi connectivity index (χ2n) is 7.36. The summed E-state index contributed by atoms with van der Waals surface area (Å²) in [6.07, 6.45) is 12.5. The summed E-state index contributed by atoms with van der Waals surface area (Å²) in [4.78, 5) is 24.9. The Hall–Kier alpha value is -1.39. The fourth-order valence-corrected chi connectivity index (χ4v) is 3.39. The van der Waals surface area contributed by atoms with E-state index in [-0.39, 0.29) is 6.09 Å². The maximum Gasteiger partial charge on any atom is 0.407 e. The van der Waals surface area contributed by atoms with E-state index in [4.69, 9.17) is 4.74 Å². The van der Waals surface area contributed by atoms with Crippen LogP contribution in [0, 0.1) is 0 Å². The van der Waals surface area contributed by atoms with Crippen molar-refractivity contribution in [1.29, 1.82) is 0 Å². The SMILES string of the molecule is C[N+]1(CCCCCCOC(=O)NCCCCCCN=C=O)CCCC1. The minimum Gasteiger partial charge on any atom is -0.450 e. The summed E-state index contributed by atoms with van der Waals surface area (Å²) >= 11 is 0. The monoisotopic (exact) mass is 354 g/mol. The molecule has 25 heavy (non-hydrogen) atoms. The van der Waals surface area contributed by atoms with E-state index < -0.39 is 0 Å². The third kappa shape index (κ3) is 11.7. The Balaban J connectivity index is 1.81. The summed E-state index contributed by atoms with van der Waals surface area (Å²) in [6.45, 7) is 5.69. The van der Waals surface area contributed by atoms with Gasteiger partial charge in [-0.05, 0) is 38.5 Å². The van der Waals surface area contributed by atoms with Crippen LogP contribution in [-0.2, 0) is 9.53 Å². The Morgan fingerprint density at radius 3 is 2.48 bits per heavy atom. The van der Waals surface area contributed by atoms with Gasteiger partial charge < -0.3 is 14.5 Å². The first-order chi connectivity index (χ1) is 12.2. The Morgan fingerprint density at radius 2 is 1.72 bits per heavy atom. The van der Waals surface area contributed by atoms with Crippen molar-refractivity contribution < 1.29 is 18.8 Å². The second-order valence-corrected chi connectivity index (χ2v) is 7.36. The van der Waals surface area contributed by atoms with Crippen LogP contribution >= 0.6 is 0 Å². The summed E-state index contributed by atoms with van der Waals surface area (Å²) in [5.74, 6) is 0. The number of carbonyl (C=O) groups is 1. The van der Waals surface area contributed by atoms with Crippen LogP contribution in [0.1, 0.15) is 64.2 Å². The maximum absolute atomic E-state index is 11.5. The molecule has 0 radical (unpaired) electrons. The molecule has 0 aromatic heterocycles. The molecule has 0 aromatic rings. The number of amides is 1. The normalized spacial score (nSPS) is 15.6. The lowest BCUT2D eigenvalue weighted by Gasteiger charge is -2.29. The summed E-state index contributed by atoms with van der Waals surface area (Å²) < 4.78 is 6.44. The van der Waals surface area contributed by atoms with Gasteiger partial charge in [0.15, 0.2) is 0 Å². The first-order valence-electron chi connectivity index (χ1n) is 9.94. The molecule has 0 atom stereocenters. The van der Waals surface area contributed by atoms with E-state index in [1.807, 2.05) is 0 Å². The van der Waals surface area contributed by atoms with Crippen molar-refractivity contribution >= 4 is 12.2 Å². The van der Waals surface area contributed by atoms with E-state index in [1.54, 1.807) is 0 Å². The molecule has 0 unspecified atom stereocenters. The topological polar surface area (TPSA) is 67.8 Å². The predicted octanol–water partition coefficient (Wildman–Crippen LogP) is 3.41. The van der Waals surface area contributed by atoms with Crippen molar-refractivity contribution in [3.05, 3.63) is 0 Å². The molecule has 1 fully saturated rings. The number of nitrogens with zero attached hydrogens (tertiary/aromatic N) is 2. The number of nitrogens with one attached hydrogen (secondary N) is 1. The number of alkyl carbamates (subject to hydrolysis) is 1. The predicted molar refractivity (Wildman–Crippen MR) is 99.3 cm³/mol.